The Morgan fingerprint density at radius 3 is 2.24 bits per heavy atom. The van der Waals surface area contributed by atoms with Gasteiger partial charge in [0.25, 0.3) is 5.91 Å². The third-order valence-electron chi connectivity index (χ3n) is 6.14. The van der Waals surface area contributed by atoms with E-state index in [1.54, 1.807) is 14.2 Å². The second-order valence-corrected chi connectivity index (χ2v) is 7.88. The number of hydrogen-bond donors (Lipinski definition) is 1. The van der Waals surface area contributed by atoms with E-state index in [2.05, 4.69) is 0 Å². The molecule has 2 aromatic rings. The number of aryl methyl sites for hydroxylation is 2. The molecule has 2 aromatic carbocycles. The minimum Gasteiger partial charge on any atom is -0.493 e. The molecule has 6 nitrogen and oxygen atoms in total. The molecule has 6 heteroatoms. The average Bonchev–Trinajstić information content (AvgIpc) is 3.01. The first-order valence-corrected chi connectivity index (χ1v) is 9.96. The smallest absolute Gasteiger partial charge is 0.292 e. The number of methoxy groups -OCH3 is 2. The molecule has 2 heterocycles. The lowest BCUT2D eigenvalue weighted by Crippen LogP contribution is -3.16. The lowest BCUT2D eigenvalue weighted by atomic mass is 9.97. The number of hydrogen-bond acceptors (Lipinski definition) is 4. The number of rotatable bonds is 4. The largest absolute Gasteiger partial charge is 0.493 e. The Balaban J connectivity index is 1.61. The van der Waals surface area contributed by atoms with Gasteiger partial charge in [0.15, 0.2) is 17.5 Å². The van der Waals surface area contributed by atoms with Crippen LogP contribution in [-0.4, -0.2) is 38.6 Å². The van der Waals surface area contributed by atoms with E-state index >= 15 is 0 Å². The third kappa shape index (κ3) is 3.27. The topological polar surface area (TPSA) is 60.3 Å². The van der Waals surface area contributed by atoms with Gasteiger partial charge in [0, 0.05) is 12.0 Å². The first-order valence-electron chi connectivity index (χ1n) is 9.96. The minimum atomic E-state index is -0.345. The predicted octanol–water partition coefficient (Wildman–Crippen LogP) is 1.59. The lowest BCUT2D eigenvalue weighted by molar-refractivity contribution is -0.930. The van der Waals surface area contributed by atoms with E-state index in [0.29, 0.717) is 12.3 Å². The van der Waals surface area contributed by atoms with Crippen molar-refractivity contribution in [2.24, 2.45) is 0 Å². The summed E-state index contributed by atoms with van der Waals surface area (Å²) in [6.45, 7) is 5.40. The fraction of sp³-hybridized carbons (Fsp3) is 0.391. The summed E-state index contributed by atoms with van der Waals surface area (Å²) in [6, 6.07) is 9.51. The summed E-state index contributed by atoms with van der Waals surface area (Å²) in [6.07, 6.45) is 1.09. The molecule has 1 saturated heterocycles. The van der Waals surface area contributed by atoms with Crippen molar-refractivity contribution in [1.29, 1.82) is 0 Å². The fourth-order valence-electron chi connectivity index (χ4n) is 4.63. The van der Waals surface area contributed by atoms with Gasteiger partial charge in [0.05, 0.1) is 32.9 Å². The fourth-order valence-corrected chi connectivity index (χ4v) is 4.63. The molecular formula is C23H27N2O4+. The maximum absolute atomic E-state index is 13.3. The lowest BCUT2D eigenvalue weighted by Gasteiger charge is -2.30. The summed E-state index contributed by atoms with van der Waals surface area (Å²) >= 11 is 0. The first kappa shape index (κ1) is 19.5. The van der Waals surface area contributed by atoms with Crippen molar-refractivity contribution in [2.75, 3.05) is 25.7 Å². The number of ether oxygens (including phenoxy) is 2. The highest BCUT2D eigenvalue weighted by Crippen LogP contribution is 2.32. The Morgan fingerprint density at radius 1 is 1.00 bits per heavy atom. The van der Waals surface area contributed by atoms with Crippen LogP contribution in [0.25, 0.3) is 0 Å². The summed E-state index contributed by atoms with van der Waals surface area (Å²) in [7, 11) is 3.26. The van der Waals surface area contributed by atoms with Crippen LogP contribution in [0, 0.1) is 13.8 Å². The van der Waals surface area contributed by atoms with Gasteiger partial charge in [0.2, 0.25) is 5.91 Å². The third-order valence-corrected chi connectivity index (χ3v) is 6.14. The van der Waals surface area contributed by atoms with Gasteiger partial charge in [-0.1, -0.05) is 18.2 Å². The van der Waals surface area contributed by atoms with Gasteiger partial charge >= 0.3 is 0 Å². The number of carbonyl (C=O) groups is 2. The molecule has 1 N–H and O–H groups in total. The first-order chi connectivity index (χ1) is 13.9. The van der Waals surface area contributed by atoms with E-state index in [4.69, 9.17) is 9.47 Å². The van der Waals surface area contributed by atoms with Crippen LogP contribution in [0.3, 0.4) is 0 Å². The molecular weight excluding hydrogens is 368 g/mol. The predicted molar refractivity (Wildman–Crippen MR) is 110 cm³/mol. The summed E-state index contributed by atoms with van der Waals surface area (Å²) in [5, 5.41) is 0. The molecule has 2 aliphatic heterocycles. The zero-order valence-corrected chi connectivity index (χ0v) is 17.4. The van der Waals surface area contributed by atoms with Crippen LogP contribution in [0.5, 0.6) is 11.5 Å². The summed E-state index contributed by atoms with van der Waals surface area (Å²) in [5.74, 6) is 1.22. The zero-order valence-electron chi connectivity index (χ0n) is 17.4. The van der Waals surface area contributed by atoms with Crippen molar-refractivity contribution in [3.05, 3.63) is 52.6 Å². The molecule has 2 amide bonds. The number of carbonyl (C=O) groups excluding carboxylic acids is 2. The molecule has 0 saturated carbocycles. The van der Waals surface area contributed by atoms with Gasteiger partial charge in [0.1, 0.15) is 6.54 Å². The molecule has 2 atom stereocenters. The highest BCUT2D eigenvalue weighted by Gasteiger charge is 2.47. The molecule has 0 bridgehead atoms. The van der Waals surface area contributed by atoms with Crippen LogP contribution < -0.4 is 19.3 Å². The molecule has 29 heavy (non-hydrogen) atoms. The van der Waals surface area contributed by atoms with E-state index < -0.39 is 0 Å². The van der Waals surface area contributed by atoms with E-state index in [-0.39, 0.29) is 24.3 Å². The molecule has 152 valence electrons. The maximum atomic E-state index is 13.3. The molecule has 0 spiro atoms. The number of benzene rings is 2. The molecule has 1 fully saturated rings. The maximum Gasteiger partial charge on any atom is 0.292 e. The molecule has 4 rings (SSSR count). The summed E-state index contributed by atoms with van der Waals surface area (Å²) in [4.78, 5) is 28.7. The van der Waals surface area contributed by atoms with E-state index in [1.807, 2.05) is 44.2 Å². The second kappa shape index (κ2) is 7.52. The van der Waals surface area contributed by atoms with Crippen LogP contribution in [0.2, 0.25) is 0 Å². The number of nitrogens with one attached hydrogen (secondary N) is 1. The van der Waals surface area contributed by atoms with E-state index in [1.165, 1.54) is 10.5 Å². The number of nitrogens with zero attached hydrogens (tertiary/aromatic N) is 1. The minimum absolute atomic E-state index is 0.0914. The van der Waals surface area contributed by atoms with Crippen LogP contribution in [0.15, 0.2) is 30.3 Å². The zero-order chi connectivity index (χ0) is 20.7. The molecule has 2 aliphatic rings. The number of amides is 2. The number of quaternary nitrogens is 1. The number of para-hydroxylation sites is 1. The number of imide groups is 1. The number of anilines is 1. The van der Waals surface area contributed by atoms with E-state index in [0.717, 1.165) is 46.0 Å². The standard InChI is InChI=1S/C23H26N2O4/c1-14-6-5-7-15(2)22(14)25-21(26)12-18(23(25)27)24-9-8-16-10-19(28-3)20(29-4)11-17(16)13-24/h5-7,10-11,18H,8-9,12-13H2,1-4H3/p+1/t18-/m1/s1. The van der Waals surface area contributed by atoms with Gasteiger partial charge < -0.3 is 14.4 Å². The normalized spacial score (nSPS) is 21.3. The van der Waals surface area contributed by atoms with Crippen LogP contribution in [-0.2, 0) is 22.6 Å². The highest BCUT2D eigenvalue weighted by molar-refractivity contribution is 6.22. The highest BCUT2D eigenvalue weighted by atomic mass is 16.5. The molecule has 1 unspecified atom stereocenters. The second-order valence-electron chi connectivity index (χ2n) is 7.88. The Bertz CT molecular complexity index is 965. The SMILES string of the molecule is COc1cc2c(cc1OC)C[NH+]([C@@H]1CC(=O)N(c3c(C)cccc3C)C1=O)CC2. The molecule has 0 aliphatic carbocycles. The van der Waals surface area contributed by atoms with Gasteiger partial charge in [-0.25, -0.2) is 4.90 Å². The van der Waals surface area contributed by atoms with Crippen molar-refractivity contribution in [1.82, 2.24) is 0 Å². The van der Waals surface area contributed by atoms with Gasteiger partial charge in [-0.3, -0.25) is 9.59 Å². The van der Waals surface area contributed by atoms with Gasteiger partial charge in [-0.15, -0.1) is 0 Å². The van der Waals surface area contributed by atoms with Crippen molar-refractivity contribution < 1.29 is 24.0 Å². The Kier molecular flexibility index (Phi) is 5.04. The van der Waals surface area contributed by atoms with Crippen molar-refractivity contribution in [3.8, 4) is 11.5 Å². The average molecular weight is 395 g/mol. The molecule has 0 radical (unpaired) electrons. The van der Waals surface area contributed by atoms with E-state index in [9.17, 15) is 9.59 Å². The van der Waals surface area contributed by atoms with Crippen molar-refractivity contribution in [3.63, 3.8) is 0 Å². The van der Waals surface area contributed by atoms with Gasteiger partial charge in [-0.2, -0.15) is 0 Å². The monoisotopic (exact) mass is 395 g/mol. The Morgan fingerprint density at radius 2 is 1.62 bits per heavy atom. The van der Waals surface area contributed by atoms with Gasteiger partial charge in [-0.05, 0) is 42.7 Å². The Labute approximate surface area is 171 Å². The van der Waals surface area contributed by atoms with Crippen LogP contribution in [0.1, 0.15) is 28.7 Å². The van der Waals surface area contributed by atoms with Crippen molar-refractivity contribution >= 4 is 17.5 Å². The molecule has 0 aromatic heterocycles. The Hall–Kier alpha value is -2.86. The van der Waals surface area contributed by atoms with Crippen LogP contribution >= 0.6 is 0 Å². The van der Waals surface area contributed by atoms with Crippen molar-refractivity contribution in [2.45, 2.75) is 39.3 Å². The summed E-state index contributed by atoms with van der Waals surface area (Å²) < 4.78 is 10.8. The van der Waals surface area contributed by atoms with Crippen LogP contribution in [0.4, 0.5) is 5.69 Å². The summed E-state index contributed by atoms with van der Waals surface area (Å²) in [5.41, 5.74) is 5.00. The quantitative estimate of drug-likeness (QED) is 0.799. The number of fused-ring (bicyclic) bond motifs is 1.